The monoisotopic (exact) mass is 404 g/mol. The van der Waals surface area contributed by atoms with Crippen LogP contribution < -0.4 is 15.4 Å². The van der Waals surface area contributed by atoms with Gasteiger partial charge in [0.15, 0.2) is 5.96 Å². The minimum Gasteiger partial charge on any atom is -0.477 e. The van der Waals surface area contributed by atoms with E-state index in [0.29, 0.717) is 25.1 Å². The molecule has 0 aliphatic heterocycles. The van der Waals surface area contributed by atoms with Crippen molar-refractivity contribution < 1.29 is 4.74 Å². The van der Waals surface area contributed by atoms with Gasteiger partial charge in [-0.3, -0.25) is 0 Å². The predicted molar refractivity (Wildman–Crippen MR) is 96.4 cm³/mol. The average Bonchev–Trinajstić information content (AvgIpc) is 3.27. The molecule has 0 radical (unpaired) electrons. The zero-order valence-electron chi connectivity index (χ0n) is 12.8. The van der Waals surface area contributed by atoms with Crippen molar-refractivity contribution >= 4 is 29.9 Å². The number of guanidine groups is 1. The normalized spacial score (nSPS) is 14.3. The molecule has 1 aliphatic rings. The molecule has 0 spiro atoms. The SMILES string of the molecule is CCCOc1ncccc1CN=C(NCC)NC1CC1.I. The van der Waals surface area contributed by atoms with Crippen molar-refractivity contribution in [3.63, 3.8) is 0 Å². The van der Waals surface area contributed by atoms with Crippen molar-refractivity contribution in [1.82, 2.24) is 15.6 Å². The standard InChI is InChI=1S/C15H24N4O.HI/c1-3-10-20-14-12(6-5-9-17-14)11-18-15(16-4-2)19-13-7-8-13;/h5-6,9,13H,3-4,7-8,10-11H2,1-2H3,(H2,16,18,19);1H. The molecule has 1 aliphatic carbocycles. The van der Waals surface area contributed by atoms with Crippen LogP contribution in [0.1, 0.15) is 38.7 Å². The number of halogens is 1. The highest BCUT2D eigenvalue weighted by Crippen LogP contribution is 2.19. The number of hydrogen-bond acceptors (Lipinski definition) is 3. The summed E-state index contributed by atoms with van der Waals surface area (Å²) in [6.45, 7) is 6.29. The van der Waals surface area contributed by atoms with Crippen LogP contribution in [-0.4, -0.2) is 30.1 Å². The van der Waals surface area contributed by atoms with Crippen molar-refractivity contribution in [3.05, 3.63) is 23.9 Å². The van der Waals surface area contributed by atoms with E-state index in [2.05, 4.69) is 34.5 Å². The molecule has 0 atom stereocenters. The number of rotatable bonds is 7. The van der Waals surface area contributed by atoms with E-state index in [1.165, 1.54) is 12.8 Å². The van der Waals surface area contributed by atoms with Gasteiger partial charge in [0.1, 0.15) is 0 Å². The van der Waals surface area contributed by atoms with Gasteiger partial charge in [-0.05, 0) is 32.3 Å². The molecule has 5 nitrogen and oxygen atoms in total. The molecular weight excluding hydrogens is 379 g/mol. The molecule has 0 aromatic carbocycles. The first kappa shape index (κ1) is 18.0. The van der Waals surface area contributed by atoms with E-state index in [-0.39, 0.29) is 24.0 Å². The zero-order valence-corrected chi connectivity index (χ0v) is 15.1. The second kappa shape index (κ2) is 9.81. The van der Waals surface area contributed by atoms with Crippen molar-refractivity contribution in [3.8, 4) is 5.88 Å². The average molecular weight is 404 g/mol. The molecular formula is C15H25IN4O. The summed E-state index contributed by atoms with van der Waals surface area (Å²) in [7, 11) is 0. The van der Waals surface area contributed by atoms with E-state index in [1.807, 2.05) is 12.1 Å². The van der Waals surface area contributed by atoms with Crippen LogP contribution >= 0.6 is 24.0 Å². The fourth-order valence-corrected chi connectivity index (χ4v) is 1.78. The van der Waals surface area contributed by atoms with Crippen LogP contribution in [0, 0.1) is 0 Å². The minimum atomic E-state index is 0. The largest absolute Gasteiger partial charge is 0.477 e. The predicted octanol–water partition coefficient (Wildman–Crippen LogP) is 2.71. The molecule has 0 amide bonds. The number of nitrogens with one attached hydrogen (secondary N) is 2. The molecule has 1 aromatic heterocycles. The van der Waals surface area contributed by atoms with Gasteiger partial charge in [0.2, 0.25) is 5.88 Å². The van der Waals surface area contributed by atoms with Gasteiger partial charge >= 0.3 is 0 Å². The molecule has 21 heavy (non-hydrogen) atoms. The Hall–Kier alpha value is -1.05. The molecule has 118 valence electrons. The minimum absolute atomic E-state index is 0. The number of aromatic nitrogens is 1. The Morgan fingerprint density at radius 3 is 2.90 bits per heavy atom. The lowest BCUT2D eigenvalue weighted by molar-refractivity contribution is 0.302. The number of hydrogen-bond donors (Lipinski definition) is 2. The Kier molecular flexibility index (Phi) is 8.41. The lowest BCUT2D eigenvalue weighted by Gasteiger charge is -2.11. The summed E-state index contributed by atoms with van der Waals surface area (Å²) < 4.78 is 5.65. The summed E-state index contributed by atoms with van der Waals surface area (Å²) >= 11 is 0. The number of ether oxygens (including phenoxy) is 1. The van der Waals surface area contributed by atoms with Gasteiger partial charge in [-0.15, -0.1) is 24.0 Å². The summed E-state index contributed by atoms with van der Waals surface area (Å²) in [6, 6.07) is 4.53. The van der Waals surface area contributed by atoms with Crippen molar-refractivity contribution in [2.45, 2.75) is 45.7 Å². The Morgan fingerprint density at radius 2 is 2.24 bits per heavy atom. The Labute approximate surface area is 144 Å². The molecule has 1 saturated carbocycles. The second-order valence-electron chi connectivity index (χ2n) is 4.93. The van der Waals surface area contributed by atoms with Gasteiger partial charge in [0, 0.05) is 24.3 Å². The Bertz CT molecular complexity index is 449. The fourth-order valence-electron chi connectivity index (χ4n) is 1.78. The van der Waals surface area contributed by atoms with Gasteiger partial charge < -0.3 is 15.4 Å². The molecule has 1 aromatic rings. The lowest BCUT2D eigenvalue weighted by Crippen LogP contribution is -2.38. The smallest absolute Gasteiger partial charge is 0.218 e. The van der Waals surface area contributed by atoms with Gasteiger partial charge in [-0.25, -0.2) is 9.98 Å². The third kappa shape index (κ3) is 6.50. The quantitative estimate of drug-likeness (QED) is 0.417. The molecule has 2 N–H and O–H groups in total. The fraction of sp³-hybridized carbons (Fsp3) is 0.600. The van der Waals surface area contributed by atoms with Crippen molar-refractivity contribution in [2.75, 3.05) is 13.2 Å². The number of pyridine rings is 1. The lowest BCUT2D eigenvalue weighted by atomic mass is 10.3. The molecule has 1 fully saturated rings. The van der Waals surface area contributed by atoms with Crippen LogP contribution in [0.4, 0.5) is 0 Å². The summed E-state index contributed by atoms with van der Waals surface area (Å²) in [4.78, 5) is 8.89. The summed E-state index contributed by atoms with van der Waals surface area (Å²) in [6.07, 6.45) is 5.21. The van der Waals surface area contributed by atoms with E-state index in [4.69, 9.17) is 4.74 Å². The number of nitrogens with zero attached hydrogens (tertiary/aromatic N) is 2. The summed E-state index contributed by atoms with van der Waals surface area (Å²) in [5, 5.41) is 6.67. The van der Waals surface area contributed by atoms with Gasteiger partial charge in [0.05, 0.1) is 13.2 Å². The molecule has 2 rings (SSSR count). The van der Waals surface area contributed by atoms with Crippen LogP contribution in [0.15, 0.2) is 23.3 Å². The van der Waals surface area contributed by atoms with Crippen LogP contribution in [0.25, 0.3) is 0 Å². The second-order valence-corrected chi connectivity index (χ2v) is 4.93. The first-order valence-electron chi connectivity index (χ1n) is 7.45. The molecule has 0 bridgehead atoms. The maximum atomic E-state index is 5.65. The van der Waals surface area contributed by atoms with Crippen molar-refractivity contribution in [1.29, 1.82) is 0 Å². The third-order valence-electron chi connectivity index (χ3n) is 2.96. The van der Waals surface area contributed by atoms with Crippen LogP contribution in [0.5, 0.6) is 5.88 Å². The van der Waals surface area contributed by atoms with E-state index in [9.17, 15) is 0 Å². The summed E-state index contributed by atoms with van der Waals surface area (Å²) in [5.41, 5.74) is 1.02. The van der Waals surface area contributed by atoms with Gasteiger partial charge in [-0.1, -0.05) is 13.0 Å². The maximum absolute atomic E-state index is 5.65. The first-order valence-corrected chi connectivity index (χ1v) is 7.45. The highest BCUT2D eigenvalue weighted by molar-refractivity contribution is 14.0. The number of aliphatic imine (C=N–C) groups is 1. The van der Waals surface area contributed by atoms with E-state index in [1.54, 1.807) is 6.20 Å². The highest BCUT2D eigenvalue weighted by Gasteiger charge is 2.22. The maximum Gasteiger partial charge on any atom is 0.218 e. The molecule has 0 unspecified atom stereocenters. The van der Waals surface area contributed by atoms with E-state index < -0.39 is 0 Å². The third-order valence-corrected chi connectivity index (χ3v) is 2.96. The van der Waals surface area contributed by atoms with Crippen LogP contribution in [-0.2, 0) is 6.54 Å². The molecule has 0 saturated heterocycles. The Morgan fingerprint density at radius 1 is 1.43 bits per heavy atom. The zero-order chi connectivity index (χ0) is 14.2. The topological polar surface area (TPSA) is 58.5 Å². The van der Waals surface area contributed by atoms with E-state index in [0.717, 1.165) is 24.5 Å². The van der Waals surface area contributed by atoms with Gasteiger partial charge in [0.25, 0.3) is 0 Å². The molecule has 6 heteroatoms. The van der Waals surface area contributed by atoms with Crippen molar-refractivity contribution in [2.24, 2.45) is 4.99 Å². The first-order chi connectivity index (χ1) is 9.83. The highest BCUT2D eigenvalue weighted by atomic mass is 127. The van der Waals surface area contributed by atoms with Crippen LogP contribution in [0.2, 0.25) is 0 Å². The molecule has 1 heterocycles. The van der Waals surface area contributed by atoms with Crippen LogP contribution in [0.3, 0.4) is 0 Å². The van der Waals surface area contributed by atoms with Gasteiger partial charge in [-0.2, -0.15) is 0 Å². The van der Waals surface area contributed by atoms with E-state index >= 15 is 0 Å². The summed E-state index contributed by atoms with van der Waals surface area (Å²) in [5.74, 6) is 1.57. The Balaban J connectivity index is 0.00000220.